The summed E-state index contributed by atoms with van der Waals surface area (Å²) in [5.74, 6) is 1.35. The van der Waals surface area contributed by atoms with Crippen molar-refractivity contribution in [2.24, 2.45) is 0 Å². The van der Waals surface area contributed by atoms with Gasteiger partial charge in [0, 0.05) is 18.7 Å². The first-order chi connectivity index (χ1) is 9.63. The Labute approximate surface area is 119 Å². The molecule has 0 aliphatic carbocycles. The number of halogens is 1. The van der Waals surface area contributed by atoms with Gasteiger partial charge in [0.2, 0.25) is 0 Å². The van der Waals surface area contributed by atoms with E-state index in [0.29, 0.717) is 30.7 Å². The number of nitrogens with zero attached hydrogens (tertiary/aromatic N) is 3. The zero-order chi connectivity index (χ0) is 14.1. The van der Waals surface area contributed by atoms with Gasteiger partial charge in [-0.2, -0.15) is 0 Å². The Morgan fingerprint density at radius 3 is 2.95 bits per heavy atom. The van der Waals surface area contributed by atoms with Gasteiger partial charge in [0.25, 0.3) is 5.56 Å². The third-order valence-corrected chi connectivity index (χ3v) is 3.39. The van der Waals surface area contributed by atoms with Gasteiger partial charge in [-0.25, -0.2) is 9.97 Å². The molecule has 1 aliphatic rings. The molecule has 0 radical (unpaired) electrons. The summed E-state index contributed by atoms with van der Waals surface area (Å²) in [5.41, 5.74) is 0.601. The number of nitrogens with one attached hydrogen (secondary N) is 2. The van der Waals surface area contributed by atoms with Gasteiger partial charge in [-0.05, 0) is 6.92 Å². The van der Waals surface area contributed by atoms with Crippen LogP contribution < -0.4 is 10.5 Å². The van der Waals surface area contributed by atoms with Crippen molar-refractivity contribution in [1.29, 1.82) is 0 Å². The predicted octanol–water partition coefficient (Wildman–Crippen LogP) is 1.03. The van der Waals surface area contributed by atoms with Crippen molar-refractivity contribution < 1.29 is 4.74 Å². The van der Waals surface area contributed by atoms with Crippen LogP contribution >= 0.6 is 11.6 Å². The van der Waals surface area contributed by atoms with Crippen LogP contribution in [0.3, 0.4) is 0 Å². The number of aromatic amines is 2. The maximum Gasteiger partial charge on any atom is 0.264 e. The highest BCUT2D eigenvalue weighted by molar-refractivity contribution is 6.29. The lowest BCUT2D eigenvalue weighted by molar-refractivity contribution is 0.0925. The van der Waals surface area contributed by atoms with Gasteiger partial charge in [-0.15, -0.1) is 0 Å². The molecule has 0 aromatic carbocycles. The highest BCUT2D eigenvalue weighted by Gasteiger charge is 2.27. The first-order valence-corrected chi connectivity index (χ1v) is 6.64. The summed E-state index contributed by atoms with van der Waals surface area (Å²) in [6.45, 7) is 3.55. The van der Waals surface area contributed by atoms with Crippen molar-refractivity contribution in [1.82, 2.24) is 20.2 Å². The van der Waals surface area contributed by atoms with Gasteiger partial charge < -0.3 is 14.7 Å². The highest BCUT2D eigenvalue weighted by Crippen LogP contribution is 2.28. The molecule has 1 unspecified atom stereocenters. The van der Waals surface area contributed by atoms with Gasteiger partial charge in [-0.3, -0.25) is 9.89 Å². The Morgan fingerprint density at radius 1 is 1.40 bits per heavy atom. The zero-order valence-corrected chi connectivity index (χ0v) is 11.6. The van der Waals surface area contributed by atoms with Crippen LogP contribution in [0.25, 0.3) is 0 Å². The topological polar surface area (TPSA) is 86.9 Å². The maximum absolute atomic E-state index is 11.3. The fraction of sp³-hybridized carbons (Fsp3) is 0.417. The van der Waals surface area contributed by atoms with E-state index >= 15 is 0 Å². The van der Waals surface area contributed by atoms with E-state index in [9.17, 15) is 4.79 Å². The van der Waals surface area contributed by atoms with Crippen molar-refractivity contribution in [3.63, 3.8) is 0 Å². The molecule has 1 fully saturated rings. The molecule has 0 saturated carbocycles. The molecule has 7 nitrogen and oxygen atoms in total. The molecule has 0 spiro atoms. The maximum atomic E-state index is 11.3. The van der Waals surface area contributed by atoms with Crippen LogP contribution in [-0.4, -0.2) is 39.9 Å². The fourth-order valence-corrected chi connectivity index (χ4v) is 2.55. The van der Waals surface area contributed by atoms with Gasteiger partial charge in [0.15, 0.2) is 0 Å². The molecule has 1 saturated heterocycles. The van der Waals surface area contributed by atoms with Gasteiger partial charge in [-0.1, -0.05) is 11.6 Å². The van der Waals surface area contributed by atoms with E-state index in [0.717, 1.165) is 11.5 Å². The van der Waals surface area contributed by atoms with Gasteiger partial charge in [0.05, 0.1) is 24.9 Å². The lowest BCUT2D eigenvalue weighted by atomic mass is 10.1. The molecule has 1 atom stereocenters. The number of aryl methyl sites for hydroxylation is 1. The standard InChI is InChI=1S/C12H14ClN5O2/c1-7-14-10(13)5-11(15-7)18-2-3-20-6-9(18)8-4-12(19)17-16-8/h4-5,9H,2-3,6H2,1H3,(H2,16,17,19). The van der Waals surface area contributed by atoms with Crippen LogP contribution in [0, 0.1) is 6.92 Å². The van der Waals surface area contributed by atoms with E-state index in [1.165, 1.54) is 6.07 Å². The molecule has 2 aromatic rings. The van der Waals surface area contributed by atoms with Crippen molar-refractivity contribution >= 4 is 17.4 Å². The van der Waals surface area contributed by atoms with E-state index < -0.39 is 0 Å². The average Bonchev–Trinajstić information content (AvgIpc) is 2.84. The monoisotopic (exact) mass is 295 g/mol. The van der Waals surface area contributed by atoms with Crippen LogP contribution in [0.2, 0.25) is 5.15 Å². The van der Waals surface area contributed by atoms with Crippen molar-refractivity contribution in [3.8, 4) is 0 Å². The number of aromatic nitrogens is 4. The summed E-state index contributed by atoms with van der Waals surface area (Å²) >= 11 is 5.99. The van der Waals surface area contributed by atoms with Crippen LogP contribution in [0.5, 0.6) is 0 Å². The van der Waals surface area contributed by atoms with Crippen LogP contribution in [0.15, 0.2) is 16.9 Å². The lowest BCUT2D eigenvalue weighted by Gasteiger charge is -2.35. The van der Waals surface area contributed by atoms with Crippen LogP contribution in [-0.2, 0) is 4.74 Å². The first kappa shape index (κ1) is 13.1. The highest BCUT2D eigenvalue weighted by atomic mass is 35.5. The molecular formula is C12H14ClN5O2. The Bertz CT molecular complexity index is 648. The van der Waals surface area contributed by atoms with E-state index in [4.69, 9.17) is 16.3 Å². The number of ether oxygens (including phenoxy) is 1. The molecular weight excluding hydrogens is 282 g/mol. The summed E-state index contributed by atoms with van der Waals surface area (Å²) in [7, 11) is 0. The lowest BCUT2D eigenvalue weighted by Crippen LogP contribution is -2.40. The average molecular weight is 296 g/mol. The fourth-order valence-electron chi connectivity index (χ4n) is 2.33. The SMILES string of the molecule is Cc1nc(Cl)cc(N2CCOCC2c2cc(=O)[nH][nH]2)n1. The van der Waals surface area contributed by atoms with Gasteiger partial charge in [0.1, 0.15) is 16.8 Å². The van der Waals surface area contributed by atoms with Crippen molar-refractivity contribution in [3.05, 3.63) is 39.2 Å². The zero-order valence-electron chi connectivity index (χ0n) is 10.9. The second kappa shape index (κ2) is 5.26. The van der Waals surface area contributed by atoms with E-state index in [1.807, 2.05) is 0 Å². The number of H-pyrrole nitrogens is 2. The predicted molar refractivity (Wildman–Crippen MR) is 74.1 cm³/mol. The van der Waals surface area contributed by atoms with Crippen LogP contribution in [0.1, 0.15) is 17.6 Å². The van der Waals surface area contributed by atoms with E-state index in [-0.39, 0.29) is 11.6 Å². The quantitative estimate of drug-likeness (QED) is 0.808. The van der Waals surface area contributed by atoms with E-state index in [1.54, 1.807) is 13.0 Å². The molecule has 106 valence electrons. The third-order valence-electron chi connectivity index (χ3n) is 3.19. The normalized spacial score (nSPS) is 19.3. The molecule has 0 bridgehead atoms. The minimum atomic E-state index is -0.164. The number of rotatable bonds is 2. The summed E-state index contributed by atoms with van der Waals surface area (Å²) in [4.78, 5) is 21.8. The Morgan fingerprint density at radius 2 is 2.25 bits per heavy atom. The number of hydrogen-bond acceptors (Lipinski definition) is 5. The Balaban J connectivity index is 1.98. The summed E-state index contributed by atoms with van der Waals surface area (Å²) in [5, 5.41) is 5.81. The second-order valence-electron chi connectivity index (χ2n) is 4.59. The molecule has 2 N–H and O–H groups in total. The van der Waals surface area contributed by atoms with Crippen molar-refractivity contribution in [2.45, 2.75) is 13.0 Å². The first-order valence-electron chi connectivity index (χ1n) is 6.26. The molecule has 3 heterocycles. The van der Waals surface area contributed by atoms with E-state index in [2.05, 4.69) is 25.1 Å². The molecule has 2 aromatic heterocycles. The summed E-state index contributed by atoms with van der Waals surface area (Å²) in [6.07, 6.45) is 0. The summed E-state index contributed by atoms with van der Waals surface area (Å²) < 4.78 is 5.50. The molecule has 3 rings (SSSR count). The minimum absolute atomic E-state index is 0.104. The minimum Gasteiger partial charge on any atom is -0.377 e. The Kier molecular flexibility index (Phi) is 3.45. The van der Waals surface area contributed by atoms with Crippen LogP contribution in [0.4, 0.5) is 5.82 Å². The smallest absolute Gasteiger partial charge is 0.264 e. The largest absolute Gasteiger partial charge is 0.377 e. The molecule has 8 heteroatoms. The molecule has 20 heavy (non-hydrogen) atoms. The molecule has 1 aliphatic heterocycles. The van der Waals surface area contributed by atoms with Crippen molar-refractivity contribution in [2.75, 3.05) is 24.7 Å². The number of anilines is 1. The third kappa shape index (κ3) is 2.54. The Hall–Kier alpha value is -1.86. The number of morpholine rings is 1. The number of hydrogen-bond donors (Lipinski definition) is 2. The van der Waals surface area contributed by atoms with Gasteiger partial charge >= 0.3 is 0 Å². The molecule has 0 amide bonds. The summed E-state index contributed by atoms with van der Waals surface area (Å²) in [6, 6.07) is 3.15. The second-order valence-corrected chi connectivity index (χ2v) is 4.98.